The maximum atomic E-state index is 11.0. The van der Waals surface area contributed by atoms with Gasteiger partial charge in [0.2, 0.25) is 0 Å². The van der Waals surface area contributed by atoms with E-state index in [1.807, 2.05) is 6.07 Å². The molecule has 0 heterocycles. The third kappa shape index (κ3) is 10.2. The molecule has 2 atom stereocenters. The molecule has 0 fully saturated rings. The van der Waals surface area contributed by atoms with Crippen molar-refractivity contribution in [3.05, 3.63) is 21.3 Å². The van der Waals surface area contributed by atoms with Crippen molar-refractivity contribution < 1.29 is 31.1 Å². The summed E-state index contributed by atoms with van der Waals surface area (Å²) in [5.74, 6) is 0. The zero-order valence-electron chi connectivity index (χ0n) is 18.5. The number of aliphatic hydroxyl groups is 1. The van der Waals surface area contributed by atoms with E-state index in [0.717, 1.165) is 17.8 Å². The number of anilines is 2. The average Bonchev–Trinajstić information content (AvgIpc) is 2.70. The number of aliphatic hydroxyl groups excluding tert-OH is 1. The van der Waals surface area contributed by atoms with Gasteiger partial charge in [-0.05, 0) is 0 Å². The molecule has 1 amide bonds. The van der Waals surface area contributed by atoms with Crippen molar-refractivity contribution >= 4 is 40.4 Å². The van der Waals surface area contributed by atoms with Crippen molar-refractivity contribution in [2.45, 2.75) is 86.6 Å². The van der Waals surface area contributed by atoms with Crippen molar-refractivity contribution in [2.24, 2.45) is 0 Å². The molecule has 0 aliphatic rings. The molecule has 0 saturated heterocycles. The van der Waals surface area contributed by atoms with E-state index in [2.05, 4.69) is 66.7 Å². The minimum absolute atomic E-state index is 0.0182. The molecule has 0 aliphatic heterocycles. The van der Waals surface area contributed by atoms with Crippen molar-refractivity contribution in [3.63, 3.8) is 0 Å². The molecule has 0 aromatic heterocycles. The van der Waals surface area contributed by atoms with E-state index >= 15 is 0 Å². The SMILES string of the molecule is CCCCCCCCCCN(C)c1cc(NC=O)cc(CO)c1[I-][C@@H](C)[C@@H](C)I. The molecular formula is C23H39I2N2O2-. The van der Waals surface area contributed by atoms with Gasteiger partial charge >= 0.3 is 196 Å². The number of nitrogens with zero attached hydrogens (tertiary/aromatic N) is 1. The van der Waals surface area contributed by atoms with Gasteiger partial charge in [0.15, 0.2) is 0 Å². The van der Waals surface area contributed by atoms with Crippen LogP contribution in [0.1, 0.15) is 77.7 Å². The molecule has 29 heavy (non-hydrogen) atoms. The summed E-state index contributed by atoms with van der Waals surface area (Å²) in [5, 5.41) is 12.8. The average molecular weight is 629 g/mol. The first kappa shape index (κ1) is 26.9. The summed E-state index contributed by atoms with van der Waals surface area (Å²) in [6, 6.07) is 4.01. The number of hydrogen-bond acceptors (Lipinski definition) is 3. The van der Waals surface area contributed by atoms with Crippen LogP contribution in [-0.2, 0) is 11.4 Å². The maximum absolute atomic E-state index is 11.0. The van der Waals surface area contributed by atoms with Gasteiger partial charge in [0.05, 0.1) is 0 Å². The number of rotatable bonds is 16. The van der Waals surface area contributed by atoms with Crippen LogP contribution in [0.25, 0.3) is 0 Å². The van der Waals surface area contributed by atoms with Crippen LogP contribution in [-0.4, -0.2) is 33.0 Å². The van der Waals surface area contributed by atoms with Gasteiger partial charge in [0, 0.05) is 0 Å². The first-order valence-corrected chi connectivity index (χ1v) is 14.5. The Labute approximate surface area is 202 Å². The fourth-order valence-corrected chi connectivity index (χ4v) is 7.20. The summed E-state index contributed by atoms with van der Waals surface area (Å²) >= 11 is 2.26. The van der Waals surface area contributed by atoms with Crippen molar-refractivity contribution in [2.75, 3.05) is 23.8 Å². The van der Waals surface area contributed by atoms with Crippen LogP contribution in [0.15, 0.2) is 12.1 Å². The predicted molar refractivity (Wildman–Crippen MR) is 130 cm³/mol. The zero-order valence-corrected chi connectivity index (χ0v) is 22.8. The Balaban J connectivity index is 2.81. The van der Waals surface area contributed by atoms with Crippen LogP contribution in [0.4, 0.5) is 11.4 Å². The van der Waals surface area contributed by atoms with E-state index in [9.17, 15) is 9.90 Å². The number of benzene rings is 1. The quantitative estimate of drug-likeness (QED) is 0.128. The molecule has 1 rings (SSSR count). The van der Waals surface area contributed by atoms with E-state index in [4.69, 9.17) is 0 Å². The molecule has 6 heteroatoms. The number of halogens is 2. The van der Waals surface area contributed by atoms with Crippen LogP contribution in [0.3, 0.4) is 0 Å². The Bertz CT molecular complexity index is 596. The molecular weight excluding hydrogens is 590 g/mol. The summed E-state index contributed by atoms with van der Waals surface area (Å²) in [7, 11) is 2.15. The molecule has 0 aliphatic carbocycles. The number of unbranched alkanes of at least 4 members (excludes halogenated alkanes) is 7. The standard InChI is InChI=1S/C23H39I2N2O2/c1-5-6-7-8-9-10-11-12-13-27(4)22-15-21(26-17-29)14-20(16-28)23(22)25-19(3)18(2)24/h14-15,17-19,28H,5-13,16H2,1-4H3,(H,26,29)/q-1/t18-,19+/m1/s1. The molecule has 0 unspecified atom stereocenters. The van der Waals surface area contributed by atoms with Crippen molar-refractivity contribution in [1.82, 2.24) is 0 Å². The molecule has 1 aromatic rings. The first-order valence-electron chi connectivity index (χ1n) is 10.9. The Morgan fingerprint density at radius 1 is 1.14 bits per heavy atom. The van der Waals surface area contributed by atoms with Crippen molar-refractivity contribution in [1.29, 1.82) is 0 Å². The molecule has 0 saturated carbocycles. The van der Waals surface area contributed by atoms with Crippen LogP contribution in [0.5, 0.6) is 0 Å². The topological polar surface area (TPSA) is 52.6 Å². The first-order chi connectivity index (χ1) is 13.9. The predicted octanol–water partition coefficient (Wildman–Crippen LogP) is 2.79. The molecule has 0 bridgehead atoms. The number of amides is 1. The van der Waals surface area contributed by atoms with E-state index in [1.54, 1.807) is 0 Å². The Morgan fingerprint density at radius 2 is 1.76 bits per heavy atom. The Morgan fingerprint density at radius 3 is 2.31 bits per heavy atom. The van der Waals surface area contributed by atoms with Crippen LogP contribution in [0, 0.1) is 3.57 Å². The molecule has 2 N–H and O–H groups in total. The molecule has 168 valence electrons. The summed E-state index contributed by atoms with van der Waals surface area (Å²) in [4.78, 5) is 13.3. The summed E-state index contributed by atoms with van der Waals surface area (Å²) < 4.78 is 2.55. The van der Waals surface area contributed by atoms with Gasteiger partial charge in [0.1, 0.15) is 0 Å². The van der Waals surface area contributed by atoms with E-state index in [1.165, 1.54) is 60.6 Å². The summed E-state index contributed by atoms with van der Waals surface area (Å²) in [6.07, 6.45) is 11.2. The fraction of sp³-hybridized carbons (Fsp3) is 0.696. The third-order valence-corrected chi connectivity index (χ3v) is 11.6. The molecule has 4 nitrogen and oxygen atoms in total. The van der Waals surface area contributed by atoms with Gasteiger partial charge in [-0.15, -0.1) is 0 Å². The minimum atomic E-state index is -0.239. The molecule has 1 aromatic carbocycles. The monoisotopic (exact) mass is 629 g/mol. The van der Waals surface area contributed by atoms with Gasteiger partial charge < -0.3 is 0 Å². The second-order valence-electron chi connectivity index (χ2n) is 7.75. The molecule has 0 spiro atoms. The Hall–Kier alpha value is -0.0900. The second kappa shape index (κ2) is 15.7. The number of hydrogen-bond donors (Lipinski definition) is 2. The van der Waals surface area contributed by atoms with Crippen LogP contribution < -0.4 is 31.4 Å². The van der Waals surface area contributed by atoms with Gasteiger partial charge in [0.25, 0.3) is 0 Å². The second-order valence-corrected chi connectivity index (χ2v) is 13.4. The van der Waals surface area contributed by atoms with Gasteiger partial charge in [-0.3, -0.25) is 0 Å². The Kier molecular flexibility index (Phi) is 14.6. The van der Waals surface area contributed by atoms with Gasteiger partial charge in [-0.2, -0.15) is 0 Å². The summed E-state index contributed by atoms with van der Waals surface area (Å²) in [5.41, 5.74) is 2.91. The number of carbonyl (C=O) groups is 1. The van der Waals surface area contributed by atoms with Crippen molar-refractivity contribution in [3.8, 4) is 0 Å². The van der Waals surface area contributed by atoms with E-state index in [-0.39, 0.29) is 27.8 Å². The number of carbonyl (C=O) groups excluding carboxylic acids is 1. The van der Waals surface area contributed by atoms with E-state index < -0.39 is 0 Å². The van der Waals surface area contributed by atoms with Crippen LogP contribution >= 0.6 is 22.6 Å². The third-order valence-electron chi connectivity index (χ3n) is 5.20. The molecule has 0 radical (unpaired) electrons. The normalized spacial score (nSPS) is 13.3. The number of alkyl halides is 2. The number of nitrogens with one attached hydrogen (secondary N) is 1. The van der Waals surface area contributed by atoms with E-state index in [0.29, 0.717) is 14.3 Å². The van der Waals surface area contributed by atoms with Gasteiger partial charge in [-0.25, -0.2) is 0 Å². The van der Waals surface area contributed by atoms with Gasteiger partial charge in [-0.1, -0.05) is 6.92 Å². The van der Waals surface area contributed by atoms with Crippen LogP contribution in [0.2, 0.25) is 0 Å². The fourth-order valence-electron chi connectivity index (χ4n) is 3.20. The zero-order chi connectivity index (χ0) is 21.6. The summed E-state index contributed by atoms with van der Waals surface area (Å²) in [6.45, 7) is 7.86.